The van der Waals surface area contributed by atoms with Crippen LogP contribution in [-0.2, 0) is 0 Å². The number of imidazole rings is 1. The van der Waals surface area contributed by atoms with Gasteiger partial charge in [0.2, 0.25) is 0 Å². The van der Waals surface area contributed by atoms with Gasteiger partial charge in [-0.15, -0.1) is 0 Å². The molecule has 1 unspecified atom stereocenters. The maximum Gasteiger partial charge on any atom is 0.178 e. The van der Waals surface area contributed by atoms with E-state index in [0.29, 0.717) is 0 Å². The summed E-state index contributed by atoms with van der Waals surface area (Å²) in [5.74, 6) is 0.849. The first kappa shape index (κ1) is 19.2. The first-order valence-electron chi connectivity index (χ1n) is 10.8. The molecular formula is C23H28N6O. The first-order valence-corrected chi connectivity index (χ1v) is 10.8. The standard InChI is InChI=1S/C23H28N6O/c1-15-26-21-18(7-8-24-22(21)27-15)20-13-16-5-6-17(14-19(16)28-20)23(30)25-9-12-29-10-3-2-4-11-29/h5-8,13-14,23,25,28,30H,2-4,9-12H2,1H3,(H,24,26,27). The van der Waals surface area contributed by atoms with E-state index in [-0.39, 0.29) is 0 Å². The molecule has 30 heavy (non-hydrogen) atoms. The fourth-order valence-corrected chi connectivity index (χ4v) is 4.37. The molecule has 0 saturated carbocycles. The van der Waals surface area contributed by atoms with E-state index in [1.807, 2.05) is 25.1 Å². The fourth-order valence-electron chi connectivity index (χ4n) is 4.37. The van der Waals surface area contributed by atoms with Gasteiger partial charge < -0.3 is 20.0 Å². The largest absolute Gasteiger partial charge is 0.374 e. The van der Waals surface area contributed by atoms with Gasteiger partial charge in [0.25, 0.3) is 0 Å². The van der Waals surface area contributed by atoms with Crippen molar-refractivity contribution in [1.82, 2.24) is 30.2 Å². The number of rotatable bonds is 6. The van der Waals surface area contributed by atoms with Crippen LogP contribution in [0.3, 0.4) is 0 Å². The number of aliphatic hydroxyl groups is 1. The molecule has 7 heteroatoms. The summed E-state index contributed by atoms with van der Waals surface area (Å²) in [6.45, 7) is 6.04. The lowest BCUT2D eigenvalue weighted by Crippen LogP contribution is -2.36. The number of nitrogens with one attached hydrogen (secondary N) is 3. The minimum absolute atomic E-state index is 0.672. The Balaban J connectivity index is 1.33. The van der Waals surface area contributed by atoms with E-state index in [1.54, 1.807) is 6.20 Å². The number of likely N-dealkylation sites (tertiary alicyclic amines) is 1. The number of nitrogens with zero attached hydrogens (tertiary/aromatic N) is 3. The zero-order chi connectivity index (χ0) is 20.5. The summed E-state index contributed by atoms with van der Waals surface area (Å²) in [6.07, 6.45) is 5.03. The number of H-pyrrole nitrogens is 2. The molecule has 0 spiro atoms. The van der Waals surface area contributed by atoms with Crippen LogP contribution in [-0.4, -0.2) is 56.1 Å². The van der Waals surface area contributed by atoms with Gasteiger partial charge in [-0.25, -0.2) is 9.97 Å². The number of aromatic amines is 2. The molecule has 156 valence electrons. The Kier molecular flexibility index (Phi) is 5.25. The van der Waals surface area contributed by atoms with Crippen LogP contribution in [0.2, 0.25) is 0 Å². The summed E-state index contributed by atoms with van der Waals surface area (Å²) in [5, 5.41) is 15.0. The summed E-state index contributed by atoms with van der Waals surface area (Å²) in [4.78, 5) is 18.0. The quantitative estimate of drug-likeness (QED) is 0.369. The van der Waals surface area contributed by atoms with Crippen molar-refractivity contribution >= 4 is 22.1 Å². The van der Waals surface area contributed by atoms with Crippen LogP contribution < -0.4 is 5.32 Å². The van der Waals surface area contributed by atoms with Crippen molar-refractivity contribution in [3.05, 3.63) is 47.9 Å². The van der Waals surface area contributed by atoms with Gasteiger partial charge in [0, 0.05) is 41.4 Å². The number of hydrogen-bond acceptors (Lipinski definition) is 5. The van der Waals surface area contributed by atoms with Crippen molar-refractivity contribution in [2.24, 2.45) is 0 Å². The molecule has 1 aromatic carbocycles. The van der Waals surface area contributed by atoms with Crippen LogP contribution in [0, 0.1) is 6.92 Å². The molecule has 7 nitrogen and oxygen atoms in total. The van der Waals surface area contributed by atoms with Crippen molar-refractivity contribution in [2.45, 2.75) is 32.4 Å². The van der Waals surface area contributed by atoms with E-state index in [0.717, 1.165) is 57.8 Å². The van der Waals surface area contributed by atoms with E-state index in [1.165, 1.54) is 32.4 Å². The second-order valence-electron chi connectivity index (χ2n) is 8.17. The summed E-state index contributed by atoms with van der Waals surface area (Å²) in [6, 6.07) is 10.2. The third kappa shape index (κ3) is 3.84. The van der Waals surface area contributed by atoms with Gasteiger partial charge in [-0.1, -0.05) is 18.6 Å². The molecule has 4 aromatic rings. The number of aromatic nitrogens is 4. The number of aryl methyl sites for hydroxylation is 1. The van der Waals surface area contributed by atoms with Gasteiger partial charge in [0.1, 0.15) is 12.1 Å². The van der Waals surface area contributed by atoms with Gasteiger partial charge >= 0.3 is 0 Å². The van der Waals surface area contributed by atoms with Gasteiger partial charge in [-0.3, -0.25) is 5.32 Å². The Hall–Kier alpha value is -2.74. The normalized spacial score (nSPS) is 16.5. The molecule has 1 atom stereocenters. The molecule has 3 aromatic heterocycles. The third-order valence-electron chi connectivity index (χ3n) is 5.98. The molecule has 0 aliphatic carbocycles. The van der Waals surface area contributed by atoms with Crippen molar-refractivity contribution in [3.63, 3.8) is 0 Å². The van der Waals surface area contributed by atoms with Crippen LogP contribution in [0.5, 0.6) is 0 Å². The Morgan fingerprint density at radius 1 is 1.13 bits per heavy atom. The Labute approximate surface area is 175 Å². The zero-order valence-corrected chi connectivity index (χ0v) is 17.3. The molecule has 0 radical (unpaired) electrons. The zero-order valence-electron chi connectivity index (χ0n) is 17.3. The third-order valence-corrected chi connectivity index (χ3v) is 5.98. The fraction of sp³-hybridized carbons (Fsp3) is 0.391. The highest BCUT2D eigenvalue weighted by Crippen LogP contribution is 2.29. The van der Waals surface area contributed by atoms with E-state index in [4.69, 9.17) is 0 Å². The van der Waals surface area contributed by atoms with Crippen molar-refractivity contribution in [1.29, 1.82) is 0 Å². The Morgan fingerprint density at radius 2 is 2.00 bits per heavy atom. The molecule has 4 N–H and O–H groups in total. The number of hydrogen-bond donors (Lipinski definition) is 4. The van der Waals surface area contributed by atoms with E-state index in [9.17, 15) is 5.11 Å². The van der Waals surface area contributed by atoms with Gasteiger partial charge in [0.05, 0.1) is 5.52 Å². The smallest absolute Gasteiger partial charge is 0.178 e. The van der Waals surface area contributed by atoms with Crippen LogP contribution in [0.15, 0.2) is 36.5 Å². The highest BCUT2D eigenvalue weighted by molar-refractivity contribution is 5.94. The maximum atomic E-state index is 10.6. The molecule has 5 rings (SSSR count). The Morgan fingerprint density at radius 3 is 2.87 bits per heavy atom. The maximum absolute atomic E-state index is 10.6. The average molecular weight is 405 g/mol. The van der Waals surface area contributed by atoms with E-state index >= 15 is 0 Å². The van der Waals surface area contributed by atoms with E-state index in [2.05, 4.69) is 42.3 Å². The van der Waals surface area contributed by atoms with Crippen LogP contribution in [0.25, 0.3) is 33.3 Å². The lowest BCUT2D eigenvalue weighted by molar-refractivity contribution is 0.130. The van der Waals surface area contributed by atoms with Crippen molar-refractivity contribution in [3.8, 4) is 11.3 Å². The van der Waals surface area contributed by atoms with Gasteiger partial charge in [-0.2, -0.15) is 0 Å². The van der Waals surface area contributed by atoms with E-state index < -0.39 is 6.23 Å². The summed E-state index contributed by atoms with van der Waals surface area (Å²) in [7, 11) is 0. The molecule has 1 aliphatic heterocycles. The van der Waals surface area contributed by atoms with Crippen LogP contribution >= 0.6 is 0 Å². The molecule has 1 fully saturated rings. The minimum atomic E-state index is -0.672. The molecule has 1 aliphatic rings. The number of benzene rings is 1. The van der Waals surface area contributed by atoms with Crippen molar-refractivity contribution in [2.75, 3.05) is 26.2 Å². The molecule has 4 heterocycles. The molecular weight excluding hydrogens is 376 g/mol. The minimum Gasteiger partial charge on any atom is -0.374 e. The van der Waals surface area contributed by atoms with Gasteiger partial charge in [0.15, 0.2) is 5.65 Å². The summed E-state index contributed by atoms with van der Waals surface area (Å²) < 4.78 is 0. The number of pyridine rings is 1. The predicted molar refractivity (Wildman–Crippen MR) is 119 cm³/mol. The Bertz CT molecular complexity index is 1160. The molecule has 0 amide bonds. The molecule has 0 bridgehead atoms. The van der Waals surface area contributed by atoms with Crippen LogP contribution in [0.4, 0.5) is 0 Å². The topological polar surface area (TPSA) is 92.9 Å². The average Bonchev–Trinajstić information content (AvgIpc) is 3.36. The van der Waals surface area contributed by atoms with Crippen molar-refractivity contribution < 1.29 is 5.11 Å². The number of piperidine rings is 1. The number of fused-ring (bicyclic) bond motifs is 2. The summed E-state index contributed by atoms with van der Waals surface area (Å²) in [5.41, 5.74) is 5.57. The monoisotopic (exact) mass is 404 g/mol. The van der Waals surface area contributed by atoms with Gasteiger partial charge in [-0.05, 0) is 56.6 Å². The lowest BCUT2D eigenvalue weighted by Gasteiger charge is -2.27. The second-order valence-corrected chi connectivity index (χ2v) is 8.17. The first-order chi connectivity index (χ1) is 14.7. The highest BCUT2D eigenvalue weighted by Gasteiger charge is 2.14. The summed E-state index contributed by atoms with van der Waals surface area (Å²) >= 11 is 0. The van der Waals surface area contributed by atoms with Crippen LogP contribution in [0.1, 0.15) is 36.9 Å². The SMILES string of the molecule is Cc1nc2nccc(-c3cc4ccc(C(O)NCCN5CCCCC5)cc4[nH]3)c2[nH]1. The molecule has 1 saturated heterocycles. The highest BCUT2D eigenvalue weighted by atomic mass is 16.3. The lowest BCUT2D eigenvalue weighted by atomic mass is 10.1. The number of aliphatic hydroxyl groups excluding tert-OH is 1. The second kappa shape index (κ2) is 8.18. The predicted octanol–water partition coefficient (Wildman–Crippen LogP) is 3.48.